The molecule has 6 nitrogen and oxygen atoms in total. The van der Waals surface area contributed by atoms with E-state index in [9.17, 15) is 0 Å². The third-order valence-corrected chi connectivity index (χ3v) is 1.88. The van der Waals surface area contributed by atoms with E-state index in [-0.39, 0.29) is 6.61 Å². The zero-order valence-electron chi connectivity index (χ0n) is 7.65. The smallest absolute Gasteiger partial charge is 0.126 e. The fourth-order valence-electron chi connectivity index (χ4n) is 1.24. The van der Waals surface area contributed by atoms with Crippen molar-refractivity contribution >= 4 is 16.7 Å². The summed E-state index contributed by atoms with van der Waals surface area (Å²) in [5.41, 5.74) is 8.48. The van der Waals surface area contributed by atoms with Gasteiger partial charge in [0.05, 0.1) is 24.0 Å². The first-order chi connectivity index (χ1) is 6.83. The fourth-order valence-corrected chi connectivity index (χ4v) is 1.24. The minimum atomic E-state index is 0.259. The van der Waals surface area contributed by atoms with Crippen LogP contribution in [0.1, 0.15) is 5.69 Å². The fraction of sp³-hybridized carbons (Fsp3) is 0.250. The lowest BCUT2D eigenvalue weighted by molar-refractivity contribution is -0.282. The van der Waals surface area contributed by atoms with Crippen molar-refractivity contribution in [3.05, 3.63) is 18.2 Å². The molecule has 0 fully saturated rings. The van der Waals surface area contributed by atoms with Crippen LogP contribution in [0.5, 0.6) is 0 Å². The Kier molecular flexibility index (Phi) is 2.30. The highest BCUT2D eigenvalue weighted by molar-refractivity contribution is 5.88. The van der Waals surface area contributed by atoms with Crippen LogP contribution in [0.2, 0.25) is 0 Å². The zero-order valence-corrected chi connectivity index (χ0v) is 7.65. The topological polar surface area (TPSA) is 86.1 Å². The van der Waals surface area contributed by atoms with Crippen molar-refractivity contribution in [3.63, 3.8) is 0 Å². The monoisotopic (exact) mass is 194 g/mol. The molecule has 0 aliphatic heterocycles. The number of aromatic amines is 1. The summed E-state index contributed by atoms with van der Waals surface area (Å²) in [6.07, 6.45) is 3.12. The number of nitrogens with two attached hydrogens (primary N) is 1. The first-order valence-corrected chi connectivity index (χ1v) is 4.05. The lowest BCUT2D eigenvalue weighted by Gasteiger charge is -2.00. The Morgan fingerprint density at radius 1 is 1.50 bits per heavy atom. The standard InChI is InChI=1S/C8H10N4O2/c1-13-14-3-6-8-7(12-4-11-6)5(9)2-10-8/h2,4,10H,3,9H2,1H3. The Morgan fingerprint density at radius 2 is 2.36 bits per heavy atom. The van der Waals surface area contributed by atoms with E-state index in [1.807, 2.05) is 0 Å². The molecule has 0 aliphatic carbocycles. The van der Waals surface area contributed by atoms with Gasteiger partial charge in [0.15, 0.2) is 0 Å². The van der Waals surface area contributed by atoms with Crippen molar-refractivity contribution in [3.8, 4) is 0 Å². The summed E-state index contributed by atoms with van der Waals surface area (Å²) in [5, 5.41) is 0. The summed E-state index contributed by atoms with van der Waals surface area (Å²) in [5.74, 6) is 0. The molecule has 0 radical (unpaired) electrons. The molecule has 2 aromatic rings. The summed E-state index contributed by atoms with van der Waals surface area (Å²) < 4.78 is 0. The SMILES string of the molecule is COOCc1ncnc2c(N)c[nH]c12. The highest BCUT2D eigenvalue weighted by atomic mass is 17.2. The Morgan fingerprint density at radius 3 is 3.14 bits per heavy atom. The molecule has 0 atom stereocenters. The molecule has 0 aliphatic rings. The second-order valence-corrected chi connectivity index (χ2v) is 2.72. The van der Waals surface area contributed by atoms with Gasteiger partial charge in [-0.1, -0.05) is 0 Å². The zero-order chi connectivity index (χ0) is 9.97. The van der Waals surface area contributed by atoms with Crippen molar-refractivity contribution in [2.24, 2.45) is 0 Å². The average molecular weight is 194 g/mol. The summed E-state index contributed by atoms with van der Waals surface area (Å²) in [4.78, 5) is 20.4. The van der Waals surface area contributed by atoms with E-state index < -0.39 is 0 Å². The highest BCUT2D eigenvalue weighted by Crippen LogP contribution is 2.19. The summed E-state index contributed by atoms with van der Waals surface area (Å²) in [6, 6.07) is 0. The number of nitrogens with zero attached hydrogens (tertiary/aromatic N) is 2. The van der Waals surface area contributed by atoms with Crippen molar-refractivity contribution < 1.29 is 9.78 Å². The van der Waals surface area contributed by atoms with E-state index in [2.05, 4.69) is 19.8 Å². The van der Waals surface area contributed by atoms with E-state index in [4.69, 9.17) is 10.6 Å². The van der Waals surface area contributed by atoms with Gasteiger partial charge < -0.3 is 10.7 Å². The van der Waals surface area contributed by atoms with Crippen LogP contribution in [0.25, 0.3) is 11.0 Å². The first-order valence-electron chi connectivity index (χ1n) is 4.05. The lowest BCUT2D eigenvalue weighted by atomic mass is 10.3. The molecule has 0 saturated heterocycles. The van der Waals surface area contributed by atoms with E-state index in [0.717, 1.165) is 5.52 Å². The van der Waals surface area contributed by atoms with Gasteiger partial charge in [0, 0.05) is 6.20 Å². The number of rotatable bonds is 3. The average Bonchev–Trinajstić information content (AvgIpc) is 2.58. The maximum atomic E-state index is 5.68. The molecule has 6 heteroatoms. The number of hydrogen-bond acceptors (Lipinski definition) is 5. The van der Waals surface area contributed by atoms with E-state index in [1.165, 1.54) is 13.4 Å². The van der Waals surface area contributed by atoms with Gasteiger partial charge >= 0.3 is 0 Å². The highest BCUT2D eigenvalue weighted by Gasteiger charge is 2.07. The Balaban J connectivity index is 2.44. The second-order valence-electron chi connectivity index (χ2n) is 2.72. The quantitative estimate of drug-likeness (QED) is 0.552. The predicted octanol–water partition coefficient (Wildman–Crippen LogP) is 0.618. The van der Waals surface area contributed by atoms with Crippen molar-refractivity contribution in [2.45, 2.75) is 6.61 Å². The third kappa shape index (κ3) is 1.40. The molecule has 2 heterocycles. The van der Waals surface area contributed by atoms with Crippen molar-refractivity contribution in [1.29, 1.82) is 0 Å². The largest absolute Gasteiger partial charge is 0.396 e. The van der Waals surface area contributed by atoms with Crippen LogP contribution in [0.3, 0.4) is 0 Å². The van der Waals surface area contributed by atoms with E-state index in [0.29, 0.717) is 16.9 Å². The number of nitrogen functional groups attached to an aromatic ring is 1. The summed E-state index contributed by atoms with van der Waals surface area (Å²) >= 11 is 0. The molecule has 0 spiro atoms. The third-order valence-electron chi connectivity index (χ3n) is 1.88. The molecule has 74 valence electrons. The van der Waals surface area contributed by atoms with Gasteiger partial charge in [0.2, 0.25) is 0 Å². The van der Waals surface area contributed by atoms with Crippen molar-refractivity contribution in [2.75, 3.05) is 12.8 Å². The van der Waals surface area contributed by atoms with Gasteiger partial charge in [-0.15, -0.1) is 0 Å². The van der Waals surface area contributed by atoms with Crippen LogP contribution in [-0.4, -0.2) is 22.1 Å². The van der Waals surface area contributed by atoms with E-state index in [1.54, 1.807) is 6.20 Å². The Bertz CT molecular complexity index is 440. The molecule has 0 saturated carbocycles. The van der Waals surface area contributed by atoms with Gasteiger partial charge in [-0.05, 0) is 0 Å². The Labute approximate surface area is 80.0 Å². The Hall–Kier alpha value is -1.66. The van der Waals surface area contributed by atoms with Crippen LogP contribution < -0.4 is 5.73 Å². The van der Waals surface area contributed by atoms with Crippen LogP contribution in [0, 0.1) is 0 Å². The molecular weight excluding hydrogens is 184 g/mol. The van der Waals surface area contributed by atoms with Gasteiger partial charge in [-0.3, -0.25) is 0 Å². The molecule has 2 rings (SSSR count). The van der Waals surface area contributed by atoms with Gasteiger partial charge in [0.25, 0.3) is 0 Å². The minimum Gasteiger partial charge on any atom is -0.396 e. The summed E-state index contributed by atoms with van der Waals surface area (Å²) in [7, 11) is 1.45. The maximum absolute atomic E-state index is 5.68. The van der Waals surface area contributed by atoms with Gasteiger partial charge in [0.1, 0.15) is 18.5 Å². The summed E-state index contributed by atoms with van der Waals surface area (Å²) in [6.45, 7) is 0.259. The number of anilines is 1. The normalized spacial score (nSPS) is 10.9. The minimum absolute atomic E-state index is 0.259. The molecule has 2 aromatic heterocycles. The molecule has 0 bridgehead atoms. The molecule has 3 N–H and O–H groups in total. The van der Waals surface area contributed by atoms with Crippen LogP contribution in [0.4, 0.5) is 5.69 Å². The maximum Gasteiger partial charge on any atom is 0.126 e. The van der Waals surface area contributed by atoms with Crippen LogP contribution in [-0.2, 0) is 16.4 Å². The van der Waals surface area contributed by atoms with Gasteiger partial charge in [-0.2, -0.15) is 0 Å². The first kappa shape index (κ1) is 8.92. The number of aromatic nitrogens is 3. The molecule has 0 amide bonds. The molecule has 0 unspecified atom stereocenters. The van der Waals surface area contributed by atoms with Crippen molar-refractivity contribution in [1.82, 2.24) is 15.0 Å². The number of hydrogen-bond donors (Lipinski definition) is 2. The lowest BCUT2D eigenvalue weighted by Crippen LogP contribution is -1.97. The van der Waals surface area contributed by atoms with E-state index >= 15 is 0 Å². The number of fused-ring (bicyclic) bond motifs is 1. The second kappa shape index (κ2) is 3.60. The number of H-pyrrole nitrogens is 1. The molecule has 14 heavy (non-hydrogen) atoms. The van der Waals surface area contributed by atoms with Crippen LogP contribution in [0.15, 0.2) is 12.5 Å². The number of nitrogens with one attached hydrogen (secondary N) is 1. The molecular formula is C8H10N4O2. The molecule has 0 aromatic carbocycles. The predicted molar refractivity (Wildman–Crippen MR) is 50.1 cm³/mol. The van der Waals surface area contributed by atoms with Crippen LogP contribution >= 0.6 is 0 Å². The van der Waals surface area contributed by atoms with Gasteiger partial charge in [-0.25, -0.2) is 19.7 Å².